The van der Waals surface area contributed by atoms with Crippen LogP contribution in [0.3, 0.4) is 0 Å². The number of nitrogens with zero attached hydrogens (tertiary/aromatic N) is 2. The molecule has 1 saturated carbocycles. The molecular weight excluding hydrogens is 286 g/mol. The van der Waals surface area contributed by atoms with E-state index in [1.165, 1.54) is 12.8 Å². The van der Waals surface area contributed by atoms with Crippen LogP contribution in [-0.4, -0.2) is 18.1 Å². The number of nitrogens with one attached hydrogen (secondary N) is 1. The number of aromatic nitrogens is 1. The molecule has 0 spiro atoms. The summed E-state index contributed by atoms with van der Waals surface area (Å²) in [5.41, 5.74) is 2.28. The molecule has 0 atom stereocenters. The molecule has 0 unspecified atom stereocenters. The summed E-state index contributed by atoms with van der Waals surface area (Å²) < 4.78 is 5.32. The summed E-state index contributed by atoms with van der Waals surface area (Å²) in [7, 11) is 1.99. The first kappa shape index (κ1) is 14.4. The summed E-state index contributed by atoms with van der Waals surface area (Å²) in [6, 6.07) is 4.67. The Hall–Kier alpha value is -1.52. The molecule has 4 nitrogen and oxygen atoms in total. The molecule has 1 N–H and O–H groups in total. The van der Waals surface area contributed by atoms with E-state index in [1.807, 2.05) is 37.2 Å². The Balaban J connectivity index is 1.67. The van der Waals surface area contributed by atoms with Gasteiger partial charge in [0, 0.05) is 37.9 Å². The molecule has 2 aromatic rings. The van der Waals surface area contributed by atoms with Crippen LogP contribution < -0.4 is 10.2 Å². The van der Waals surface area contributed by atoms with Crippen LogP contribution in [-0.2, 0) is 13.1 Å². The van der Waals surface area contributed by atoms with E-state index in [9.17, 15) is 0 Å². The highest BCUT2D eigenvalue weighted by molar-refractivity contribution is 6.33. The largest absolute Gasteiger partial charge is 0.469 e. The van der Waals surface area contributed by atoms with Crippen molar-refractivity contribution in [2.24, 2.45) is 0 Å². The third-order valence-electron chi connectivity index (χ3n) is 3.79. The zero-order valence-corrected chi connectivity index (χ0v) is 13.2. The number of halogens is 1. The van der Waals surface area contributed by atoms with Gasteiger partial charge in [-0.25, -0.2) is 4.98 Å². The number of aryl methyl sites for hydroxylation is 1. The Bertz CT molecular complexity index is 622. The molecular formula is C16H20ClN3O. The minimum Gasteiger partial charge on any atom is -0.469 e. The van der Waals surface area contributed by atoms with Crippen molar-refractivity contribution in [3.8, 4) is 0 Å². The number of rotatable bonds is 6. The van der Waals surface area contributed by atoms with Gasteiger partial charge in [0.05, 0.1) is 11.3 Å². The van der Waals surface area contributed by atoms with E-state index in [-0.39, 0.29) is 0 Å². The standard InChI is InChI=1S/C16H20ClN3O/c1-11-13(5-6-21-11)10-20(2)16-15(17)7-12(9-19-16)8-18-14-3-4-14/h5-7,9,14,18H,3-4,8,10H2,1-2H3. The van der Waals surface area contributed by atoms with Crippen LogP contribution in [0.4, 0.5) is 5.82 Å². The van der Waals surface area contributed by atoms with E-state index in [0.29, 0.717) is 11.1 Å². The first-order valence-electron chi connectivity index (χ1n) is 7.25. The maximum atomic E-state index is 6.38. The molecule has 5 heteroatoms. The van der Waals surface area contributed by atoms with Crippen LogP contribution in [0.1, 0.15) is 29.7 Å². The van der Waals surface area contributed by atoms with Crippen molar-refractivity contribution >= 4 is 17.4 Å². The van der Waals surface area contributed by atoms with Gasteiger partial charge in [0.1, 0.15) is 11.6 Å². The lowest BCUT2D eigenvalue weighted by molar-refractivity contribution is 0.529. The fourth-order valence-corrected chi connectivity index (χ4v) is 2.64. The van der Waals surface area contributed by atoms with Crippen LogP contribution in [0.25, 0.3) is 0 Å². The zero-order valence-electron chi connectivity index (χ0n) is 12.4. The second-order valence-electron chi connectivity index (χ2n) is 5.66. The fraction of sp³-hybridized carbons (Fsp3) is 0.438. The summed E-state index contributed by atoms with van der Waals surface area (Å²) in [5, 5.41) is 4.16. The summed E-state index contributed by atoms with van der Waals surface area (Å²) >= 11 is 6.38. The molecule has 3 rings (SSSR count). The van der Waals surface area contributed by atoms with Crippen LogP contribution >= 0.6 is 11.6 Å². The third-order valence-corrected chi connectivity index (χ3v) is 4.06. The Morgan fingerprint density at radius 1 is 1.48 bits per heavy atom. The molecule has 0 aromatic carbocycles. The van der Waals surface area contributed by atoms with Crippen molar-refractivity contribution in [2.45, 2.75) is 38.9 Å². The average Bonchev–Trinajstić information content (AvgIpc) is 3.20. The van der Waals surface area contributed by atoms with Gasteiger partial charge in [0.2, 0.25) is 0 Å². The minimum absolute atomic E-state index is 0.689. The predicted octanol–water partition coefficient (Wildman–Crippen LogP) is 3.52. The Morgan fingerprint density at radius 2 is 2.29 bits per heavy atom. The van der Waals surface area contributed by atoms with Crippen LogP contribution in [0.15, 0.2) is 29.0 Å². The predicted molar refractivity (Wildman–Crippen MR) is 84.7 cm³/mol. The molecule has 0 bridgehead atoms. The summed E-state index contributed by atoms with van der Waals surface area (Å²) in [5.74, 6) is 1.73. The van der Waals surface area contributed by atoms with E-state index in [1.54, 1.807) is 6.26 Å². The van der Waals surface area contributed by atoms with E-state index in [2.05, 4.69) is 10.3 Å². The molecule has 1 aliphatic carbocycles. The monoisotopic (exact) mass is 305 g/mol. The first-order chi connectivity index (χ1) is 10.1. The molecule has 0 saturated heterocycles. The van der Waals surface area contributed by atoms with Gasteiger partial charge in [-0.15, -0.1) is 0 Å². The topological polar surface area (TPSA) is 41.3 Å². The molecule has 2 aromatic heterocycles. The van der Waals surface area contributed by atoms with Crippen LogP contribution in [0.5, 0.6) is 0 Å². The lowest BCUT2D eigenvalue weighted by atomic mass is 10.2. The third kappa shape index (κ3) is 3.57. The Kier molecular flexibility index (Phi) is 4.17. The van der Waals surface area contributed by atoms with Gasteiger partial charge < -0.3 is 14.6 Å². The summed E-state index contributed by atoms with van der Waals surface area (Å²) in [6.45, 7) is 3.53. The average molecular weight is 306 g/mol. The molecule has 21 heavy (non-hydrogen) atoms. The van der Waals surface area contributed by atoms with Gasteiger partial charge in [0.25, 0.3) is 0 Å². The quantitative estimate of drug-likeness (QED) is 0.886. The van der Waals surface area contributed by atoms with Crippen molar-refractivity contribution in [2.75, 3.05) is 11.9 Å². The second kappa shape index (κ2) is 6.08. The molecule has 0 aliphatic heterocycles. The number of hydrogen-bond donors (Lipinski definition) is 1. The minimum atomic E-state index is 0.689. The van der Waals surface area contributed by atoms with Crippen LogP contribution in [0.2, 0.25) is 5.02 Å². The summed E-state index contributed by atoms with van der Waals surface area (Å²) in [6.07, 6.45) is 6.17. The van der Waals surface area contributed by atoms with Gasteiger partial charge in [-0.05, 0) is 37.5 Å². The number of pyridine rings is 1. The Labute approximate surface area is 130 Å². The zero-order chi connectivity index (χ0) is 14.8. The fourth-order valence-electron chi connectivity index (χ4n) is 2.30. The van der Waals surface area contributed by atoms with Gasteiger partial charge in [-0.1, -0.05) is 11.6 Å². The number of anilines is 1. The molecule has 1 fully saturated rings. The lowest BCUT2D eigenvalue weighted by Gasteiger charge is -2.19. The smallest absolute Gasteiger partial charge is 0.147 e. The van der Waals surface area contributed by atoms with Crippen molar-refractivity contribution in [3.05, 3.63) is 46.5 Å². The number of furan rings is 1. The van der Waals surface area contributed by atoms with Gasteiger partial charge in [-0.3, -0.25) is 0 Å². The van der Waals surface area contributed by atoms with E-state index in [4.69, 9.17) is 16.0 Å². The lowest BCUT2D eigenvalue weighted by Crippen LogP contribution is -2.19. The van der Waals surface area contributed by atoms with Gasteiger partial charge in [0.15, 0.2) is 0 Å². The van der Waals surface area contributed by atoms with Crippen molar-refractivity contribution in [1.29, 1.82) is 0 Å². The summed E-state index contributed by atoms with van der Waals surface area (Å²) in [4.78, 5) is 6.55. The van der Waals surface area contributed by atoms with Gasteiger partial charge in [-0.2, -0.15) is 0 Å². The van der Waals surface area contributed by atoms with Crippen molar-refractivity contribution in [3.63, 3.8) is 0 Å². The Morgan fingerprint density at radius 3 is 2.90 bits per heavy atom. The molecule has 0 radical (unpaired) electrons. The highest BCUT2D eigenvalue weighted by Gasteiger charge is 2.20. The van der Waals surface area contributed by atoms with E-state index < -0.39 is 0 Å². The maximum Gasteiger partial charge on any atom is 0.147 e. The molecule has 1 aliphatic rings. The molecule has 112 valence electrons. The van der Waals surface area contributed by atoms with E-state index in [0.717, 1.165) is 35.8 Å². The number of hydrogen-bond acceptors (Lipinski definition) is 4. The van der Waals surface area contributed by atoms with Gasteiger partial charge >= 0.3 is 0 Å². The normalized spacial score (nSPS) is 14.4. The van der Waals surface area contributed by atoms with E-state index >= 15 is 0 Å². The maximum absolute atomic E-state index is 6.38. The molecule has 0 amide bonds. The second-order valence-corrected chi connectivity index (χ2v) is 6.07. The van der Waals surface area contributed by atoms with Crippen molar-refractivity contribution < 1.29 is 4.42 Å². The van der Waals surface area contributed by atoms with Crippen LogP contribution in [0, 0.1) is 6.92 Å². The molecule has 2 heterocycles. The highest BCUT2D eigenvalue weighted by Crippen LogP contribution is 2.26. The SMILES string of the molecule is Cc1occc1CN(C)c1ncc(CNC2CC2)cc1Cl. The first-order valence-corrected chi connectivity index (χ1v) is 7.63. The van der Waals surface area contributed by atoms with Crippen molar-refractivity contribution in [1.82, 2.24) is 10.3 Å². The highest BCUT2D eigenvalue weighted by atomic mass is 35.5.